The minimum absolute atomic E-state index is 0.0563. The van der Waals surface area contributed by atoms with E-state index in [0.717, 1.165) is 0 Å². The second kappa shape index (κ2) is 4.86. The van der Waals surface area contributed by atoms with Crippen molar-refractivity contribution in [2.75, 3.05) is 0 Å². The van der Waals surface area contributed by atoms with Crippen molar-refractivity contribution in [1.29, 1.82) is 0 Å². The van der Waals surface area contributed by atoms with E-state index in [0.29, 0.717) is 25.7 Å². The summed E-state index contributed by atoms with van der Waals surface area (Å²) >= 11 is 0. The van der Waals surface area contributed by atoms with E-state index >= 15 is 0 Å². The second-order valence-electron chi connectivity index (χ2n) is 3.92. The van der Waals surface area contributed by atoms with E-state index in [1.807, 2.05) is 0 Å². The maximum absolute atomic E-state index is 12.1. The SMILES string of the molecule is C=C(C(=O)OC1CCC(N)CC1)C(F)(F)F. The van der Waals surface area contributed by atoms with Crippen molar-refractivity contribution in [3.63, 3.8) is 0 Å². The third-order valence-corrected chi connectivity index (χ3v) is 2.58. The fraction of sp³-hybridized carbons (Fsp3) is 0.700. The first-order valence-electron chi connectivity index (χ1n) is 5.03. The van der Waals surface area contributed by atoms with Crippen molar-refractivity contribution >= 4 is 5.97 Å². The lowest BCUT2D eigenvalue weighted by molar-refractivity contribution is -0.156. The number of esters is 1. The summed E-state index contributed by atoms with van der Waals surface area (Å²) in [5, 5.41) is 0. The van der Waals surface area contributed by atoms with E-state index in [1.54, 1.807) is 0 Å². The number of carbonyl (C=O) groups excluding carboxylic acids is 1. The molecule has 0 spiro atoms. The van der Waals surface area contributed by atoms with Crippen LogP contribution in [-0.2, 0) is 9.53 Å². The maximum Gasteiger partial charge on any atom is 0.422 e. The number of ether oxygens (including phenoxy) is 1. The van der Waals surface area contributed by atoms with Crippen LogP contribution in [0.5, 0.6) is 0 Å². The highest BCUT2D eigenvalue weighted by molar-refractivity contribution is 5.89. The van der Waals surface area contributed by atoms with Gasteiger partial charge in [0.1, 0.15) is 11.7 Å². The van der Waals surface area contributed by atoms with Gasteiger partial charge in [-0.15, -0.1) is 0 Å². The third-order valence-electron chi connectivity index (χ3n) is 2.58. The molecule has 1 aliphatic rings. The average Bonchev–Trinajstić information content (AvgIpc) is 2.19. The molecule has 3 nitrogen and oxygen atoms in total. The predicted octanol–water partition coefficient (Wildman–Crippen LogP) is 1.92. The van der Waals surface area contributed by atoms with Crippen LogP contribution < -0.4 is 5.73 Å². The van der Waals surface area contributed by atoms with E-state index in [-0.39, 0.29) is 6.04 Å². The fourth-order valence-electron chi connectivity index (χ4n) is 1.54. The fourth-order valence-corrected chi connectivity index (χ4v) is 1.54. The van der Waals surface area contributed by atoms with Gasteiger partial charge in [0, 0.05) is 6.04 Å². The standard InChI is InChI=1S/C10H14F3NO2/c1-6(10(11,12)13)9(15)16-8-4-2-7(14)3-5-8/h7-8H,1-5,14H2. The van der Waals surface area contributed by atoms with Crippen LogP contribution in [0, 0.1) is 0 Å². The molecule has 0 amide bonds. The van der Waals surface area contributed by atoms with Crippen LogP contribution in [-0.4, -0.2) is 24.3 Å². The molecule has 0 aliphatic heterocycles. The molecule has 2 N–H and O–H groups in total. The quantitative estimate of drug-likeness (QED) is 0.589. The van der Waals surface area contributed by atoms with Gasteiger partial charge in [-0.1, -0.05) is 6.58 Å². The van der Waals surface area contributed by atoms with Crippen LogP contribution in [0.25, 0.3) is 0 Å². The molecule has 1 rings (SSSR count). The molecule has 0 saturated heterocycles. The molecular weight excluding hydrogens is 223 g/mol. The van der Waals surface area contributed by atoms with Crippen LogP contribution in [0.15, 0.2) is 12.2 Å². The predicted molar refractivity (Wildman–Crippen MR) is 51.5 cm³/mol. The van der Waals surface area contributed by atoms with Crippen molar-refractivity contribution in [3.05, 3.63) is 12.2 Å². The molecule has 92 valence electrons. The Balaban J connectivity index is 2.43. The molecule has 0 radical (unpaired) electrons. The van der Waals surface area contributed by atoms with Gasteiger partial charge in [0.25, 0.3) is 0 Å². The Morgan fingerprint density at radius 2 is 1.75 bits per heavy atom. The number of nitrogens with two attached hydrogens (primary N) is 1. The first-order chi connectivity index (χ1) is 7.30. The molecule has 0 aromatic rings. The highest BCUT2D eigenvalue weighted by atomic mass is 19.4. The number of halogens is 3. The lowest BCUT2D eigenvalue weighted by Crippen LogP contribution is -2.33. The van der Waals surface area contributed by atoms with Crippen molar-refractivity contribution in [1.82, 2.24) is 0 Å². The van der Waals surface area contributed by atoms with Crippen molar-refractivity contribution < 1.29 is 22.7 Å². The van der Waals surface area contributed by atoms with E-state index in [9.17, 15) is 18.0 Å². The lowest BCUT2D eigenvalue weighted by Gasteiger charge is -2.26. The van der Waals surface area contributed by atoms with Gasteiger partial charge < -0.3 is 10.5 Å². The molecule has 1 saturated carbocycles. The van der Waals surface area contributed by atoms with Crippen LogP contribution in [0.3, 0.4) is 0 Å². The zero-order valence-corrected chi connectivity index (χ0v) is 8.72. The minimum atomic E-state index is -4.72. The molecule has 1 fully saturated rings. The molecule has 0 bridgehead atoms. The van der Waals surface area contributed by atoms with Gasteiger partial charge in [-0.2, -0.15) is 13.2 Å². The summed E-state index contributed by atoms with van der Waals surface area (Å²) in [6, 6.07) is 0.0563. The zero-order chi connectivity index (χ0) is 12.3. The van der Waals surface area contributed by atoms with Gasteiger partial charge in [0.2, 0.25) is 0 Å². The van der Waals surface area contributed by atoms with Gasteiger partial charge in [-0.05, 0) is 25.7 Å². The molecule has 0 unspecified atom stereocenters. The first kappa shape index (κ1) is 13.0. The number of hydrogen-bond acceptors (Lipinski definition) is 3. The number of hydrogen-bond donors (Lipinski definition) is 1. The van der Waals surface area contributed by atoms with Crippen LogP contribution in [0.2, 0.25) is 0 Å². The monoisotopic (exact) mass is 237 g/mol. The average molecular weight is 237 g/mol. The highest BCUT2D eigenvalue weighted by Crippen LogP contribution is 2.27. The Kier molecular flexibility index (Phi) is 3.96. The lowest BCUT2D eigenvalue weighted by atomic mass is 9.94. The van der Waals surface area contributed by atoms with Gasteiger partial charge in [0.15, 0.2) is 0 Å². The Bertz CT molecular complexity index is 280. The van der Waals surface area contributed by atoms with E-state index in [1.165, 1.54) is 0 Å². The number of rotatable bonds is 2. The molecule has 0 aromatic heterocycles. The van der Waals surface area contributed by atoms with Gasteiger partial charge in [0.05, 0.1) is 0 Å². The molecule has 0 aromatic carbocycles. The first-order valence-corrected chi connectivity index (χ1v) is 5.03. The smallest absolute Gasteiger partial charge is 0.422 e. The Morgan fingerprint density at radius 1 is 1.25 bits per heavy atom. The number of carbonyl (C=O) groups is 1. The van der Waals surface area contributed by atoms with Crippen molar-refractivity contribution in [3.8, 4) is 0 Å². The third kappa shape index (κ3) is 3.52. The van der Waals surface area contributed by atoms with E-state index in [2.05, 4.69) is 6.58 Å². The molecule has 0 atom stereocenters. The van der Waals surface area contributed by atoms with Crippen LogP contribution >= 0.6 is 0 Å². The second-order valence-corrected chi connectivity index (χ2v) is 3.92. The van der Waals surface area contributed by atoms with Gasteiger partial charge >= 0.3 is 12.1 Å². The highest BCUT2D eigenvalue weighted by Gasteiger charge is 2.39. The van der Waals surface area contributed by atoms with Crippen molar-refractivity contribution in [2.24, 2.45) is 5.73 Å². The van der Waals surface area contributed by atoms with Crippen LogP contribution in [0.1, 0.15) is 25.7 Å². The summed E-state index contributed by atoms with van der Waals surface area (Å²) in [7, 11) is 0. The summed E-state index contributed by atoms with van der Waals surface area (Å²) < 4.78 is 41.0. The zero-order valence-electron chi connectivity index (χ0n) is 8.72. The van der Waals surface area contributed by atoms with Crippen LogP contribution in [0.4, 0.5) is 13.2 Å². The minimum Gasteiger partial charge on any atom is -0.459 e. The summed E-state index contributed by atoms with van der Waals surface area (Å²) in [6.07, 6.45) is -2.84. The van der Waals surface area contributed by atoms with Crippen molar-refractivity contribution in [2.45, 2.75) is 44.0 Å². The summed E-state index contributed by atoms with van der Waals surface area (Å²) in [5.41, 5.74) is 4.16. The van der Waals surface area contributed by atoms with E-state index in [4.69, 9.17) is 10.5 Å². The normalized spacial score (nSPS) is 26.2. The Labute approximate surface area is 91.4 Å². The largest absolute Gasteiger partial charge is 0.459 e. The topological polar surface area (TPSA) is 52.3 Å². The maximum atomic E-state index is 12.1. The van der Waals surface area contributed by atoms with Gasteiger partial charge in [-0.25, -0.2) is 4.79 Å². The molecule has 6 heteroatoms. The molecule has 16 heavy (non-hydrogen) atoms. The Morgan fingerprint density at radius 3 is 2.19 bits per heavy atom. The Hall–Kier alpha value is -1.04. The summed E-state index contributed by atoms with van der Waals surface area (Å²) in [5.74, 6) is -1.38. The molecule has 1 aliphatic carbocycles. The van der Waals surface area contributed by atoms with E-state index < -0.39 is 23.8 Å². The number of alkyl halides is 3. The van der Waals surface area contributed by atoms with Gasteiger partial charge in [-0.3, -0.25) is 0 Å². The summed E-state index contributed by atoms with van der Waals surface area (Å²) in [4.78, 5) is 11.1. The molecular formula is C10H14F3NO2. The molecule has 0 heterocycles. The summed E-state index contributed by atoms with van der Waals surface area (Å²) in [6.45, 7) is 2.68.